The molecule has 2 aromatic rings. The molecule has 0 radical (unpaired) electrons. The molecule has 1 heterocycles. The fraction of sp³-hybridized carbons (Fsp3) is 0.333. The van der Waals surface area contributed by atoms with E-state index in [4.69, 9.17) is 10.5 Å². The normalized spacial score (nSPS) is 11.2. The molecule has 0 aliphatic heterocycles. The molecule has 2 rings (SSSR count). The van der Waals surface area contributed by atoms with Crippen LogP contribution in [0.4, 0.5) is 5.95 Å². The van der Waals surface area contributed by atoms with Crippen LogP contribution < -0.4 is 5.73 Å². The molecule has 1 aromatic heterocycles. The van der Waals surface area contributed by atoms with Gasteiger partial charge in [-0.2, -0.15) is 0 Å². The van der Waals surface area contributed by atoms with Crippen LogP contribution in [-0.4, -0.2) is 27.3 Å². The minimum Gasteiger partial charge on any atom is -0.460 e. The van der Waals surface area contributed by atoms with Gasteiger partial charge in [0, 0.05) is 16.8 Å². The van der Waals surface area contributed by atoms with Crippen LogP contribution in [0.5, 0.6) is 0 Å². The number of hydrogen-bond donors (Lipinski definition) is 1. The highest BCUT2D eigenvalue weighted by molar-refractivity contribution is 6.06. The third-order valence-corrected chi connectivity index (χ3v) is 3.08. The number of esters is 1. The van der Waals surface area contributed by atoms with Gasteiger partial charge in [0.25, 0.3) is 0 Å². The summed E-state index contributed by atoms with van der Waals surface area (Å²) in [5, 5.41) is 0. The first kappa shape index (κ1) is 17.6. The molecule has 0 bridgehead atoms. The molecule has 126 valence electrons. The van der Waals surface area contributed by atoms with E-state index in [9.17, 15) is 9.59 Å². The maximum Gasteiger partial charge on any atom is 0.314 e. The number of nitrogen functional groups attached to an aromatic ring is 1. The van der Waals surface area contributed by atoms with Crippen molar-refractivity contribution in [1.29, 1.82) is 0 Å². The summed E-state index contributed by atoms with van der Waals surface area (Å²) in [6, 6.07) is 8.70. The molecule has 0 fully saturated rings. The van der Waals surface area contributed by atoms with Crippen LogP contribution in [0.3, 0.4) is 0 Å². The van der Waals surface area contributed by atoms with Crippen LogP contribution in [0.2, 0.25) is 0 Å². The van der Waals surface area contributed by atoms with Crippen molar-refractivity contribution >= 4 is 17.7 Å². The van der Waals surface area contributed by atoms with E-state index in [-0.39, 0.29) is 18.2 Å². The predicted octanol–water partition coefficient (Wildman–Crippen LogP) is 2.95. The molecule has 0 spiro atoms. The van der Waals surface area contributed by atoms with Crippen LogP contribution >= 0.6 is 0 Å². The zero-order chi connectivity index (χ0) is 17.9. The number of aromatic nitrogens is 2. The summed E-state index contributed by atoms with van der Waals surface area (Å²) in [6.07, 6.45) is -0.300. The minimum absolute atomic E-state index is 0.176. The molecular weight excluding hydrogens is 306 g/mol. The number of anilines is 1. The number of aryl methyl sites for hydroxylation is 1. The molecule has 0 unspecified atom stereocenters. The van der Waals surface area contributed by atoms with Crippen LogP contribution in [0, 0.1) is 6.92 Å². The van der Waals surface area contributed by atoms with Gasteiger partial charge in [-0.15, -0.1) is 0 Å². The molecule has 0 amide bonds. The largest absolute Gasteiger partial charge is 0.460 e. The Morgan fingerprint density at radius 1 is 1.17 bits per heavy atom. The van der Waals surface area contributed by atoms with Crippen molar-refractivity contribution in [3.05, 3.63) is 41.6 Å². The number of benzene rings is 1. The topological polar surface area (TPSA) is 95.2 Å². The van der Waals surface area contributed by atoms with Gasteiger partial charge in [-0.1, -0.05) is 18.2 Å². The smallest absolute Gasteiger partial charge is 0.314 e. The second-order valence-electron chi connectivity index (χ2n) is 6.52. The Bertz CT molecular complexity index is 759. The van der Waals surface area contributed by atoms with E-state index < -0.39 is 11.6 Å². The Morgan fingerprint density at radius 2 is 1.88 bits per heavy atom. The zero-order valence-corrected chi connectivity index (χ0v) is 14.3. The first-order valence-electron chi connectivity index (χ1n) is 7.61. The van der Waals surface area contributed by atoms with Gasteiger partial charge < -0.3 is 10.5 Å². The minimum atomic E-state index is -0.616. The molecule has 0 atom stereocenters. The SMILES string of the molecule is Cc1cc(-c2cccc(C(=O)CC(=O)OC(C)(C)C)c2)nc(N)n1. The zero-order valence-electron chi connectivity index (χ0n) is 14.3. The van der Waals surface area contributed by atoms with E-state index in [2.05, 4.69) is 9.97 Å². The van der Waals surface area contributed by atoms with Gasteiger partial charge in [0.1, 0.15) is 12.0 Å². The van der Waals surface area contributed by atoms with Crippen molar-refractivity contribution in [1.82, 2.24) is 9.97 Å². The third kappa shape index (κ3) is 4.87. The monoisotopic (exact) mass is 327 g/mol. The average molecular weight is 327 g/mol. The van der Waals surface area contributed by atoms with Crippen molar-refractivity contribution in [2.45, 2.75) is 39.7 Å². The van der Waals surface area contributed by atoms with Crippen molar-refractivity contribution in [2.75, 3.05) is 5.73 Å². The lowest BCUT2D eigenvalue weighted by atomic mass is 10.0. The molecule has 6 nitrogen and oxygen atoms in total. The van der Waals surface area contributed by atoms with Gasteiger partial charge in [-0.3, -0.25) is 9.59 Å². The molecule has 24 heavy (non-hydrogen) atoms. The Balaban J connectivity index is 2.21. The van der Waals surface area contributed by atoms with Crippen molar-refractivity contribution < 1.29 is 14.3 Å². The molecule has 6 heteroatoms. The summed E-state index contributed by atoms with van der Waals surface area (Å²) < 4.78 is 5.18. The summed E-state index contributed by atoms with van der Waals surface area (Å²) in [5.74, 6) is -0.666. The predicted molar refractivity (Wildman–Crippen MR) is 91.4 cm³/mol. The van der Waals surface area contributed by atoms with Crippen LogP contribution in [-0.2, 0) is 9.53 Å². The molecule has 0 aliphatic rings. The Kier molecular flexibility index (Phi) is 4.97. The first-order chi connectivity index (χ1) is 11.1. The number of ketones is 1. The van der Waals surface area contributed by atoms with Gasteiger partial charge in [0.05, 0.1) is 5.69 Å². The van der Waals surface area contributed by atoms with E-state index >= 15 is 0 Å². The van der Waals surface area contributed by atoms with Crippen LogP contribution in [0.15, 0.2) is 30.3 Å². The molecule has 1 aromatic carbocycles. The van der Waals surface area contributed by atoms with Gasteiger partial charge in [0.2, 0.25) is 5.95 Å². The Morgan fingerprint density at radius 3 is 2.50 bits per heavy atom. The summed E-state index contributed by atoms with van der Waals surface area (Å²) >= 11 is 0. The molecule has 0 saturated carbocycles. The molecule has 2 N–H and O–H groups in total. The highest BCUT2D eigenvalue weighted by atomic mass is 16.6. The molecule has 0 saturated heterocycles. The van der Waals surface area contributed by atoms with Crippen molar-refractivity contribution in [3.63, 3.8) is 0 Å². The summed E-state index contributed by atoms with van der Waals surface area (Å²) in [7, 11) is 0. The Labute approximate surface area is 141 Å². The summed E-state index contributed by atoms with van der Waals surface area (Å²) in [5.41, 5.74) is 7.59. The highest BCUT2D eigenvalue weighted by Gasteiger charge is 2.20. The summed E-state index contributed by atoms with van der Waals surface area (Å²) in [6.45, 7) is 7.10. The number of hydrogen-bond acceptors (Lipinski definition) is 6. The average Bonchev–Trinajstić information content (AvgIpc) is 2.44. The molecule has 0 aliphatic carbocycles. The van der Waals surface area contributed by atoms with Crippen molar-refractivity contribution in [2.24, 2.45) is 0 Å². The maximum absolute atomic E-state index is 12.3. The van der Waals surface area contributed by atoms with E-state index in [1.54, 1.807) is 45.0 Å². The number of Topliss-reactive ketones (excluding diaryl/α,β-unsaturated/α-hetero) is 1. The number of nitrogens with zero attached hydrogens (tertiary/aromatic N) is 2. The second-order valence-corrected chi connectivity index (χ2v) is 6.52. The van der Waals surface area contributed by atoms with Gasteiger partial charge in [-0.05, 0) is 39.8 Å². The number of carbonyl (C=O) groups is 2. The fourth-order valence-electron chi connectivity index (χ4n) is 2.20. The lowest BCUT2D eigenvalue weighted by Crippen LogP contribution is -2.25. The lowest BCUT2D eigenvalue weighted by molar-refractivity contribution is -0.153. The van der Waals surface area contributed by atoms with Gasteiger partial charge in [-0.25, -0.2) is 9.97 Å². The van der Waals surface area contributed by atoms with E-state index in [0.717, 1.165) is 11.3 Å². The number of ether oxygens (including phenoxy) is 1. The number of nitrogens with two attached hydrogens (primary N) is 1. The van der Waals surface area contributed by atoms with E-state index in [1.165, 1.54) is 0 Å². The quantitative estimate of drug-likeness (QED) is 0.527. The van der Waals surface area contributed by atoms with Gasteiger partial charge in [0.15, 0.2) is 5.78 Å². The van der Waals surface area contributed by atoms with E-state index in [0.29, 0.717) is 11.3 Å². The number of rotatable bonds is 4. The molecular formula is C18H21N3O3. The number of carbonyl (C=O) groups excluding carboxylic acids is 2. The lowest BCUT2D eigenvalue weighted by Gasteiger charge is -2.19. The highest BCUT2D eigenvalue weighted by Crippen LogP contribution is 2.21. The van der Waals surface area contributed by atoms with E-state index in [1.807, 2.05) is 13.0 Å². The van der Waals surface area contributed by atoms with Crippen molar-refractivity contribution in [3.8, 4) is 11.3 Å². The van der Waals surface area contributed by atoms with Crippen LogP contribution in [0.1, 0.15) is 43.2 Å². The second kappa shape index (κ2) is 6.78. The summed E-state index contributed by atoms with van der Waals surface area (Å²) in [4.78, 5) is 32.3. The third-order valence-electron chi connectivity index (χ3n) is 3.08. The van der Waals surface area contributed by atoms with Crippen LogP contribution in [0.25, 0.3) is 11.3 Å². The maximum atomic E-state index is 12.3. The standard InChI is InChI=1S/C18H21N3O3/c1-11-8-14(21-17(19)20-11)12-6-5-7-13(9-12)15(22)10-16(23)24-18(2,3)4/h5-9H,10H2,1-4H3,(H2,19,20,21). The Hall–Kier alpha value is -2.76. The van der Waals surface area contributed by atoms with Gasteiger partial charge >= 0.3 is 5.97 Å². The first-order valence-corrected chi connectivity index (χ1v) is 7.61. The fourth-order valence-corrected chi connectivity index (χ4v) is 2.20.